The second kappa shape index (κ2) is 5.19. The fraction of sp³-hybridized carbons (Fsp3) is 0.889. The van der Waals surface area contributed by atoms with Gasteiger partial charge < -0.3 is 10.8 Å². The molecule has 0 amide bonds. The molecule has 0 aliphatic rings. The van der Waals surface area contributed by atoms with E-state index in [2.05, 4.69) is 0 Å². The topological polar surface area (TPSA) is 66.6 Å². The van der Waals surface area contributed by atoms with Crippen molar-refractivity contribution in [2.24, 2.45) is 5.73 Å². The highest BCUT2D eigenvalue weighted by atomic mass is 16.4. The number of hydrogen-bond donors (Lipinski definition) is 2. The van der Waals surface area contributed by atoms with Crippen LogP contribution < -0.4 is 5.73 Å². The van der Waals surface area contributed by atoms with Gasteiger partial charge in [0, 0.05) is 0 Å². The number of hydrogen-bond acceptors (Lipinski definition) is 3. The van der Waals surface area contributed by atoms with E-state index in [-0.39, 0.29) is 0 Å². The van der Waals surface area contributed by atoms with Gasteiger partial charge in [-0.3, -0.25) is 9.69 Å². The van der Waals surface area contributed by atoms with Crippen molar-refractivity contribution in [3.63, 3.8) is 0 Å². The number of carboxylic acid groups (broad SMARTS) is 1. The van der Waals surface area contributed by atoms with Crippen molar-refractivity contribution in [1.82, 2.24) is 4.90 Å². The number of carbonyl (C=O) groups is 1. The molecule has 0 rings (SSSR count). The van der Waals surface area contributed by atoms with E-state index in [1.54, 1.807) is 25.9 Å². The van der Waals surface area contributed by atoms with Crippen LogP contribution in [0.1, 0.15) is 26.2 Å². The molecule has 0 aliphatic heterocycles. The van der Waals surface area contributed by atoms with E-state index in [0.717, 1.165) is 12.8 Å². The minimum Gasteiger partial charge on any atom is -0.480 e. The average Bonchev–Trinajstić information content (AvgIpc) is 2.03. The van der Waals surface area contributed by atoms with Gasteiger partial charge in [-0.25, -0.2) is 0 Å². The summed E-state index contributed by atoms with van der Waals surface area (Å²) >= 11 is 0. The second-order valence-electron chi connectivity index (χ2n) is 3.72. The van der Waals surface area contributed by atoms with Crippen LogP contribution in [0, 0.1) is 0 Å². The van der Waals surface area contributed by atoms with Gasteiger partial charge in [0.25, 0.3) is 0 Å². The van der Waals surface area contributed by atoms with Crippen molar-refractivity contribution in [2.45, 2.75) is 31.7 Å². The SMILES string of the molecule is CN(C)C(C)(CCCCN)C(=O)O. The summed E-state index contributed by atoms with van der Waals surface area (Å²) in [6.07, 6.45) is 2.39. The van der Waals surface area contributed by atoms with E-state index in [0.29, 0.717) is 13.0 Å². The van der Waals surface area contributed by atoms with Crippen LogP contribution in [0.25, 0.3) is 0 Å². The van der Waals surface area contributed by atoms with Crippen molar-refractivity contribution >= 4 is 5.97 Å². The van der Waals surface area contributed by atoms with E-state index in [1.807, 2.05) is 0 Å². The number of unbranched alkanes of at least 4 members (excludes halogenated alkanes) is 1. The van der Waals surface area contributed by atoms with E-state index in [4.69, 9.17) is 10.8 Å². The van der Waals surface area contributed by atoms with Crippen LogP contribution in [0.15, 0.2) is 0 Å². The molecule has 3 N–H and O–H groups in total. The minimum atomic E-state index is -0.769. The largest absolute Gasteiger partial charge is 0.480 e. The van der Waals surface area contributed by atoms with Crippen molar-refractivity contribution in [3.05, 3.63) is 0 Å². The fourth-order valence-corrected chi connectivity index (χ4v) is 1.14. The van der Waals surface area contributed by atoms with Gasteiger partial charge >= 0.3 is 5.97 Å². The van der Waals surface area contributed by atoms with Crippen LogP contribution in [0.2, 0.25) is 0 Å². The Morgan fingerprint density at radius 1 is 1.46 bits per heavy atom. The van der Waals surface area contributed by atoms with Gasteiger partial charge in [0.15, 0.2) is 0 Å². The maximum atomic E-state index is 11.0. The first-order chi connectivity index (χ1) is 5.95. The Morgan fingerprint density at radius 3 is 2.31 bits per heavy atom. The molecule has 0 aromatic carbocycles. The van der Waals surface area contributed by atoms with Crippen LogP contribution in [-0.2, 0) is 4.79 Å². The smallest absolute Gasteiger partial charge is 0.323 e. The lowest BCUT2D eigenvalue weighted by Crippen LogP contribution is -2.48. The van der Waals surface area contributed by atoms with Gasteiger partial charge in [-0.05, 0) is 46.8 Å². The summed E-state index contributed by atoms with van der Waals surface area (Å²) in [6.45, 7) is 2.37. The summed E-state index contributed by atoms with van der Waals surface area (Å²) in [7, 11) is 3.58. The highest BCUT2D eigenvalue weighted by molar-refractivity contribution is 5.78. The maximum absolute atomic E-state index is 11.0. The van der Waals surface area contributed by atoms with Crippen LogP contribution in [-0.4, -0.2) is 42.2 Å². The lowest BCUT2D eigenvalue weighted by Gasteiger charge is -2.32. The zero-order valence-electron chi connectivity index (χ0n) is 8.71. The van der Waals surface area contributed by atoms with Gasteiger partial charge in [-0.2, -0.15) is 0 Å². The molecule has 0 spiro atoms. The molecule has 1 atom stereocenters. The molecule has 0 heterocycles. The summed E-state index contributed by atoms with van der Waals surface area (Å²) in [6, 6.07) is 0. The van der Waals surface area contributed by atoms with Crippen molar-refractivity contribution in [2.75, 3.05) is 20.6 Å². The van der Waals surface area contributed by atoms with Crippen molar-refractivity contribution in [1.29, 1.82) is 0 Å². The summed E-state index contributed by atoms with van der Waals surface area (Å²) in [5.74, 6) is -0.769. The fourth-order valence-electron chi connectivity index (χ4n) is 1.14. The monoisotopic (exact) mass is 188 g/mol. The lowest BCUT2D eigenvalue weighted by molar-refractivity contribution is -0.149. The predicted octanol–water partition coefficient (Wildman–Crippen LogP) is 0.520. The first-order valence-electron chi connectivity index (χ1n) is 4.56. The Morgan fingerprint density at radius 2 is 2.00 bits per heavy atom. The quantitative estimate of drug-likeness (QED) is 0.596. The Labute approximate surface area is 79.7 Å². The van der Waals surface area contributed by atoms with E-state index in [9.17, 15) is 4.79 Å². The molecule has 1 unspecified atom stereocenters. The normalized spacial score (nSPS) is 15.8. The Hall–Kier alpha value is -0.610. The first-order valence-corrected chi connectivity index (χ1v) is 4.56. The highest BCUT2D eigenvalue weighted by Crippen LogP contribution is 2.19. The minimum absolute atomic E-state index is 0.628. The lowest BCUT2D eigenvalue weighted by atomic mass is 9.94. The van der Waals surface area contributed by atoms with Crippen LogP contribution >= 0.6 is 0 Å². The molecule has 0 aromatic heterocycles. The molecule has 13 heavy (non-hydrogen) atoms. The average molecular weight is 188 g/mol. The molecule has 0 fully saturated rings. The number of likely N-dealkylation sites (N-methyl/N-ethyl adjacent to an activating group) is 1. The number of nitrogens with two attached hydrogens (primary N) is 1. The van der Waals surface area contributed by atoms with Gasteiger partial charge in [0.1, 0.15) is 5.54 Å². The molecule has 4 nitrogen and oxygen atoms in total. The number of aliphatic carboxylic acids is 1. The van der Waals surface area contributed by atoms with Gasteiger partial charge in [0.05, 0.1) is 0 Å². The molecule has 0 saturated carbocycles. The maximum Gasteiger partial charge on any atom is 0.323 e. The molecular formula is C9H20N2O2. The molecule has 78 valence electrons. The third-order valence-electron chi connectivity index (χ3n) is 2.57. The molecule has 0 aliphatic carbocycles. The van der Waals surface area contributed by atoms with Crippen LogP contribution in [0.5, 0.6) is 0 Å². The third kappa shape index (κ3) is 3.32. The van der Waals surface area contributed by atoms with Gasteiger partial charge in [0.2, 0.25) is 0 Å². The van der Waals surface area contributed by atoms with Crippen LogP contribution in [0.4, 0.5) is 0 Å². The highest BCUT2D eigenvalue weighted by Gasteiger charge is 2.34. The third-order valence-corrected chi connectivity index (χ3v) is 2.57. The first kappa shape index (κ1) is 12.4. The Kier molecular flexibility index (Phi) is 4.95. The number of rotatable bonds is 6. The Balaban J connectivity index is 4.17. The summed E-state index contributed by atoms with van der Waals surface area (Å²) in [5, 5.41) is 9.03. The van der Waals surface area contributed by atoms with E-state index in [1.165, 1.54) is 0 Å². The predicted molar refractivity (Wildman–Crippen MR) is 52.6 cm³/mol. The zero-order valence-corrected chi connectivity index (χ0v) is 8.71. The van der Waals surface area contributed by atoms with Crippen molar-refractivity contribution < 1.29 is 9.90 Å². The van der Waals surface area contributed by atoms with Crippen molar-refractivity contribution in [3.8, 4) is 0 Å². The molecule has 0 bridgehead atoms. The molecular weight excluding hydrogens is 168 g/mol. The number of carboxylic acids is 1. The van der Waals surface area contributed by atoms with Crippen LogP contribution in [0.3, 0.4) is 0 Å². The zero-order chi connectivity index (χ0) is 10.5. The van der Waals surface area contributed by atoms with E-state index >= 15 is 0 Å². The number of nitrogens with zero attached hydrogens (tertiary/aromatic N) is 1. The second-order valence-corrected chi connectivity index (χ2v) is 3.72. The van der Waals surface area contributed by atoms with Gasteiger partial charge in [-0.15, -0.1) is 0 Å². The van der Waals surface area contributed by atoms with Gasteiger partial charge in [-0.1, -0.05) is 0 Å². The van der Waals surface area contributed by atoms with E-state index < -0.39 is 11.5 Å². The molecule has 0 aromatic rings. The summed E-state index contributed by atoms with van der Waals surface area (Å²) in [4.78, 5) is 12.7. The summed E-state index contributed by atoms with van der Waals surface area (Å²) < 4.78 is 0. The molecule has 0 radical (unpaired) electrons. The summed E-state index contributed by atoms with van der Waals surface area (Å²) in [5.41, 5.74) is 4.59. The standard InChI is InChI=1S/C9H20N2O2/c1-9(8(12)13,11(2)3)6-4-5-7-10/h4-7,10H2,1-3H3,(H,12,13). The Bertz CT molecular complexity index is 171. The molecule has 4 heteroatoms. The molecule has 0 saturated heterocycles.